The Morgan fingerprint density at radius 1 is 1.00 bits per heavy atom. The number of hydrogen-bond acceptors (Lipinski definition) is 4. The van der Waals surface area contributed by atoms with Crippen molar-refractivity contribution in [3.05, 3.63) is 94.0 Å². The predicted octanol–water partition coefficient (Wildman–Crippen LogP) is 4.41. The highest BCUT2D eigenvalue weighted by Gasteiger charge is 2.27. The number of amides is 1. The molecule has 0 atom stereocenters. The number of anilines is 1. The summed E-state index contributed by atoms with van der Waals surface area (Å²) in [4.78, 5) is 12.7. The third-order valence-corrected chi connectivity index (χ3v) is 6.75. The highest BCUT2D eigenvalue weighted by Crippen LogP contribution is 2.24. The molecule has 0 spiro atoms. The summed E-state index contributed by atoms with van der Waals surface area (Å²) in [5, 5.41) is 3.94. The average molecular weight is 500 g/mol. The average Bonchev–Trinajstić information content (AvgIpc) is 2.73. The van der Waals surface area contributed by atoms with Gasteiger partial charge in [0.15, 0.2) is 0 Å². The van der Waals surface area contributed by atoms with Crippen molar-refractivity contribution in [1.82, 2.24) is 5.43 Å². The molecular weight excluding hydrogens is 478 g/mol. The van der Waals surface area contributed by atoms with E-state index < -0.39 is 22.5 Å². The molecule has 0 unspecified atom stereocenters. The molecule has 3 rings (SSSR count). The van der Waals surface area contributed by atoms with Gasteiger partial charge in [0.1, 0.15) is 6.54 Å². The summed E-state index contributed by atoms with van der Waals surface area (Å²) in [7, 11) is -3.95. The Bertz CT molecular complexity index is 1190. The molecule has 160 valence electrons. The van der Waals surface area contributed by atoms with Crippen molar-refractivity contribution in [2.24, 2.45) is 5.10 Å². The standard InChI is InChI=1S/C23H22BrN3O3S/c1-17-6-10-21(11-7-17)27(31(29,30)22-12-8-18(2)9-13-22)16-23(28)26-25-15-19-4-3-5-20(24)14-19/h3-15H,16H2,1-2H3,(H,26,28)/b25-15-. The maximum Gasteiger partial charge on any atom is 0.264 e. The SMILES string of the molecule is Cc1ccc(N(CC(=O)N/N=C\c2cccc(Br)c2)S(=O)(=O)c2ccc(C)cc2)cc1. The first kappa shape index (κ1) is 22.7. The highest BCUT2D eigenvalue weighted by atomic mass is 79.9. The maximum atomic E-state index is 13.3. The van der Waals surface area contributed by atoms with Crippen LogP contribution in [0.15, 0.2) is 87.3 Å². The summed E-state index contributed by atoms with van der Waals surface area (Å²) in [6, 6.07) is 20.9. The molecule has 0 saturated heterocycles. The van der Waals surface area contributed by atoms with Crippen LogP contribution in [0, 0.1) is 13.8 Å². The number of halogens is 1. The minimum atomic E-state index is -3.95. The van der Waals surface area contributed by atoms with Crippen LogP contribution in [-0.2, 0) is 14.8 Å². The van der Waals surface area contributed by atoms with E-state index in [0.717, 1.165) is 25.5 Å². The van der Waals surface area contributed by atoms with Crippen LogP contribution in [0.5, 0.6) is 0 Å². The van der Waals surface area contributed by atoms with Gasteiger partial charge in [-0.3, -0.25) is 9.10 Å². The molecule has 0 aromatic heterocycles. The van der Waals surface area contributed by atoms with Crippen molar-refractivity contribution in [1.29, 1.82) is 0 Å². The van der Waals surface area contributed by atoms with Crippen LogP contribution in [0.2, 0.25) is 0 Å². The summed E-state index contributed by atoms with van der Waals surface area (Å²) < 4.78 is 28.6. The highest BCUT2D eigenvalue weighted by molar-refractivity contribution is 9.10. The monoisotopic (exact) mass is 499 g/mol. The number of carbonyl (C=O) groups excluding carboxylic acids is 1. The van der Waals surface area contributed by atoms with Crippen molar-refractivity contribution < 1.29 is 13.2 Å². The van der Waals surface area contributed by atoms with Gasteiger partial charge in [0.2, 0.25) is 0 Å². The number of nitrogens with one attached hydrogen (secondary N) is 1. The van der Waals surface area contributed by atoms with Gasteiger partial charge in [0.05, 0.1) is 16.8 Å². The van der Waals surface area contributed by atoms with Gasteiger partial charge in [0, 0.05) is 4.47 Å². The van der Waals surface area contributed by atoms with Crippen LogP contribution in [0.3, 0.4) is 0 Å². The van der Waals surface area contributed by atoms with Crippen molar-refractivity contribution in [2.75, 3.05) is 10.8 Å². The topological polar surface area (TPSA) is 78.8 Å². The summed E-state index contributed by atoms with van der Waals surface area (Å²) >= 11 is 3.37. The van der Waals surface area contributed by atoms with E-state index in [1.807, 2.05) is 38.1 Å². The molecule has 0 aliphatic rings. The lowest BCUT2D eigenvalue weighted by molar-refractivity contribution is -0.119. The zero-order chi connectivity index (χ0) is 22.4. The van der Waals surface area contributed by atoms with Gasteiger partial charge >= 0.3 is 0 Å². The van der Waals surface area contributed by atoms with E-state index in [9.17, 15) is 13.2 Å². The Morgan fingerprint density at radius 2 is 1.61 bits per heavy atom. The number of rotatable bonds is 7. The fourth-order valence-electron chi connectivity index (χ4n) is 2.80. The largest absolute Gasteiger partial charge is 0.271 e. The summed E-state index contributed by atoms with van der Waals surface area (Å²) in [6.45, 7) is 3.38. The number of aryl methyl sites for hydroxylation is 2. The molecule has 31 heavy (non-hydrogen) atoms. The van der Waals surface area contributed by atoms with Crippen LogP contribution < -0.4 is 9.73 Å². The normalized spacial score (nSPS) is 11.5. The molecule has 8 heteroatoms. The van der Waals surface area contributed by atoms with E-state index in [4.69, 9.17) is 0 Å². The van der Waals surface area contributed by atoms with Gasteiger partial charge in [-0.15, -0.1) is 0 Å². The fourth-order valence-corrected chi connectivity index (χ4v) is 4.63. The van der Waals surface area contributed by atoms with E-state index >= 15 is 0 Å². The summed E-state index contributed by atoms with van der Waals surface area (Å²) in [5.74, 6) is -0.553. The molecule has 3 aromatic carbocycles. The van der Waals surface area contributed by atoms with E-state index in [1.165, 1.54) is 18.3 Å². The number of carbonyl (C=O) groups is 1. The van der Waals surface area contributed by atoms with Gasteiger partial charge in [-0.05, 0) is 55.8 Å². The zero-order valence-electron chi connectivity index (χ0n) is 17.1. The van der Waals surface area contributed by atoms with Gasteiger partial charge in [0.25, 0.3) is 15.9 Å². The zero-order valence-corrected chi connectivity index (χ0v) is 19.5. The molecule has 0 radical (unpaired) electrons. The second-order valence-corrected chi connectivity index (χ2v) is 9.79. The second kappa shape index (κ2) is 9.89. The predicted molar refractivity (Wildman–Crippen MR) is 127 cm³/mol. The van der Waals surface area contributed by atoms with Gasteiger partial charge in [-0.2, -0.15) is 5.10 Å². The first-order chi connectivity index (χ1) is 14.8. The molecule has 0 saturated carbocycles. The number of hydrogen-bond donors (Lipinski definition) is 1. The van der Waals surface area contributed by atoms with E-state index in [2.05, 4.69) is 26.5 Å². The van der Waals surface area contributed by atoms with Crippen LogP contribution in [0.25, 0.3) is 0 Å². The molecule has 6 nitrogen and oxygen atoms in total. The van der Waals surface area contributed by atoms with E-state index in [0.29, 0.717) is 5.69 Å². The van der Waals surface area contributed by atoms with Crippen LogP contribution in [-0.4, -0.2) is 27.1 Å². The Labute approximate surface area is 190 Å². The van der Waals surface area contributed by atoms with Crippen LogP contribution in [0.1, 0.15) is 16.7 Å². The lowest BCUT2D eigenvalue weighted by atomic mass is 10.2. The number of sulfonamides is 1. The van der Waals surface area contributed by atoms with Crippen molar-refractivity contribution in [2.45, 2.75) is 18.7 Å². The van der Waals surface area contributed by atoms with Crippen molar-refractivity contribution >= 4 is 43.8 Å². The minimum Gasteiger partial charge on any atom is -0.271 e. The van der Waals surface area contributed by atoms with Gasteiger partial charge in [-0.25, -0.2) is 13.8 Å². The lowest BCUT2D eigenvalue weighted by Crippen LogP contribution is -2.39. The Morgan fingerprint density at radius 3 is 2.23 bits per heavy atom. The quantitative estimate of drug-likeness (QED) is 0.386. The number of benzene rings is 3. The summed E-state index contributed by atoms with van der Waals surface area (Å²) in [6.07, 6.45) is 1.49. The van der Waals surface area contributed by atoms with Crippen molar-refractivity contribution in [3.63, 3.8) is 0 Å². The van der Waals surface area contributed by atoms with Gasteiger partial charge in [-0.1, -0.05) is 63.5 Å². The second-order valence-electron chi connectivity index (χ2n) is 7.01. The van der Waals surface area contributed by atoms with E-state index in [1.54, 1.807) is 36.4 Å². The Kier molecular flexibility index (Phi) is 7.25. The van der Waals surface area contributed by atoms with Gasteiger partial charge < -0.3 is 0 Å². The van der Waals surface area contributed by atoms with Crippen LogP contribution in [0.4, 0.5) is 5.69 Å². The number of nitrogens with zero attached hydrogens (tertiary/aromatic N) is 2. The fraction of sp³-hybridized carbons (Fsp3) is 0.130. The summed E-state index contributed by atoms with van der Waals surface area (Å²) in [5.41, 5.74) is 5.52. The molecule has 0 aliphatic heterocycles. The van der Waals surface area contributed by atoms with Crippen molar-refractivity contribution in [3.8, 4) is 0 Å². The molecule has 0 fully saturated rings. The van der Waals surface area contributed by atoms with Crippen LogP contribution >= 0.6 is 15.9 Å². The molecule has 0 heterocycles. The number of hydrazone groups is 1. The molecule has 0 bridgehead atoms. The Hall–Kier alpha value is -2.97. The third-order valence-electron chi connectivity index (χ3n) is 4.47. The maximum absolute atomic E-state index is 13.3. The lowest BCUT2D eigenvalue weighted by Gasteiger charge is -2.24. The smallest absolute Gasteiger partial charge is 0.264 e. The first-order valence-electron chi connectivity index (χ1n) is 9.49. The Balaban J connectivity index is 1.83. The molecule has 0 aliphatic carbocycles. The first-order valence-corrected chi connectivity index (χ1v) is 11.7. The van der Waals surface area contributed by atoms with E-state index in [-0.39, 0.29) is 4.90 Å². The minimum absolute atomic E-state index is 0.115. The molecular formula is C23H22BrN3O3S. The molecule has 1 amide bonds. The molecule has 1 N–H and O–H groups in total. The third kappa shape index (κ3) is 6.02. The molecule has 3 aromatic rings.